The number of rotatable bonds is 8. The molecule has 0 spiro atoms. The minimum Gasteiger partial charge on any atom is -0.410 e. The molecule has 1 unspecified atom stereocenters. The van der Waals surface area contributed by atoms with Gasteiger partial charge in [-0.2, -0.15) is 0 Å². The van der Waals surface area contributed by atoms with Crippen molar-refractivity contribution in [3.63, 3.8) is 0 Å². The third kappa shape index (κ3) is 7.48. The molecule has 0 aliphatic heterocycles. The fourth-order valence-corrected chi connectivity index (χ4v) is 8.72. The normalized spacial score (nSPS) is 30.6. The Kier molecular flexibility index (Phi) is 10.9. The van der Waals surface area contributed by atoms with Gasteiger partial charge in [0.1, 0.15) is 5.60 Å². The number of fused-ring (bicyclic) bond motifs is 1. The lowest BCUT2D eigenvalue weighted by molar-refractivity contribution is 0.0907. The quantitative estimate of drug-likeness (QED) is 0.170. The van der Waals surface area contributed by atoms with Gasteiger partial charge in [0, 0.05) is 11.7 Å². The minimum absolute atomic E-state index is 0.0997. The van der Waals surface area contributed by atoms with E-state index in [0.29, 0.717) is 36.9 Å². The van der Waals surface area contributed by atoms with Gasteiger partial charge in [-0.25, -0.2) is 0 Å². The van der Waals surface area contributed by atoms with Crippen LogP contribution in [-0.4, -0.2) is 47.3 Å². The molecule has 0 bridgehead atoms. The molecule has 0 radical (unpaired) electrons. The van der Waals surface area contributed by atoms with Crippen molar-refractivity contribution < 1.29 is 14.6 Å². The van der Waals surface area contributed by atoms with E-state index in [1.165, 1.54) is 18.4 Å². The van der Waals surface area contributed by atoms with Crippen molar-refractivity contribution in [1.29, 1.82) is 0 Å². The van der Waals surface area contributed by atoms with Crippen LogP contribution in [-0.2, 0) is 4.43 Å². The second-order valence-electron chi connectivity index (χ2n) is 14.1. The van der Waals surface area contributed by atoms with Gasteiger partial charge in [-0.1, -0.05) is 89.3 Å². The second kappa shape index (κ2) is 13.1. The summed E-state index contributed by atoms with van der Waals surface area (Å²) in [6.07, 6.45) is 14.0. The zero-order chi connectivity index (χ0) is 29.9. The molecule has 2 fully saturated rings. The van der Waals surface area contributed by atoms with Crippen LogP contribution in [0.25, 0.3) is 0 Å². The molecule has 5 heteroatoms. The SMILES string of the molecule is C=C1/C(=C\C=C2/CCC[C@]3(C)C(C(C)SCC#CC(O)(CC)CC)=CC[C@@H]23)C[C@@H](O)C[C@@H]1O[Si](C)(C)C(C)(C)C. The van der Waals surface area contributed by atoms with Gasteiger partial charge in [0.15, 0.2) is 8.32 Å². The summed E-state index contributed by atoms with van der Waals surface area (Å²) in [4.78, 5) is 0. The van der Waals surface area contributed by atoms with Crippen molar-refractivity contribution in [1.82, 2.24) is 0 Å². The summed E-state index contributed by atoms with van der Waals surface area (Å²) in [5, 5.41) is 21.8. The van der Waals surface area contributed by atoms with Crippen LogP contribution < -0.4 is 0 Å². The van der Waals surface area contributed by atoms with Crippen molar-refractivity contribution in [2.45, 2.75) is 141 Å². The van der Waals surface area contributed by atoms with E-state index in [9.17, 15) is 10.2 Å². The first kappa shape index (κ1) is 33.5. The molecule has 0 amide bonds. The van der Waals surface area contributed by atoms with Gasteiger partial charge in [0.25, 0.3) is 0 Å². The van der Waals surface area contributed by atoms with E-state index in [0.717, 1.165) is 29.7 Å². The predicted octanol–water partition coefficient (Wildman–Crippen LogP) is 8.75. The first-order valence-electron chi connectivity index (χ1n) is 15.6. The lowest BCUT2D eigenvalue weighted by Gasteiger charge is -2.43. The monoisotopic (exact) mass is 584 g/mol. The number of thioether (sulfide) groups is 1. The van der Waals surface area contributed by atoms with Crippen molar-refractivity contribution >= 4 is 20.1 Å². The summed E-state index contributed by atoms with van der Waals surface area (Å²) in [5.41, 5.74) is 4.66. The van der Waals surface area contributed by atoms with E-state index in [1.54, 1.807) is 5.57 Å². The van der Waals surface area contributed by atoms with Gasteiger partial charge in [0.2, 0.25) is 0 Å². The molecule has 0 aromatic heterocycles. The van der Waals surface area contributed by atoms with Gasteiger partial charge in [-0.3, -0.25) is 0 Å². The lowest BCUT2D eigenvalue weighted by Crippen LogP contribution is -2.46. The highest BCUT2D eigenvalue weighted by Gasteiger charge is 2.46. The summed E-state index contributed by atoms with van der Waals surface area (Å²) in [6.45, 7) is 24.6. The van der Waals surface area contributed by atoms with Crippen molar-refractivity contribution in [3.8, 4) is 11.8 Å². The molecule has 224 valence electrons. The summed E-state index contributed by atoms with van der Waals surface area (Å²) in [7, 11) is -1.96. The van der Waals surface area contributed by atoms with Gasteiger partial charge in [-0.15, -0.1) is 11.8 Å². The van der Waals surface area contributed by atoms with Gasteiger partial charge >= 0.3 is 0 Å². The van der Waals surface area contributed by atoms with E-state index in [1.807, 2.05) is 25.6 Å². The molecule has 0 aromatic rings. The highest BCUT2D eigenvalue weighted by molar-refractivity contribution is 8.00. The third-order valence-corrected chi connectivity index (χ3v) is 16.0. The zero-order valence-corrected chi connectivity index (χ0v) is 28.6. The molecular weight excluding hydrogens is 529 g/mol. The molecule has 0 heterocycles. The topological polar surface area (TPSA) is 49.7 Å². The summed E-state index contributed by atoms with van der Waals surface area (Å²) in [5.74, 6) is 7.64. The Labute approximate surface area is 251 Å². The molecular formula is C35H56O3SSi. The lowest BCUT2D eigenvalue weighted by atomic mass is 9.64. The summed E-state index contributed by atoms with van der Waals surface area (Å²) in [6, 6.07) is 0. The van der Waals surface area contributed by atoms with E-state index in [-0.39, 0.29) is 22.7 Å². The van der Waals surface area contributed by atoms with Crippen LogP contribution in [0.5, 0.6) is 0 Å². The summed E-state index contributed by atoms with van der Waals surface area (Å²) >= 11 is 1.90. The van der Waals surface area contributed by atoms with Gasteiger partial charge in [0.05, 0.1) is 18.0 Å². The Bertz CT molecular complexity index is 1080. The average molecular weight is 585 g/mol. The van der Waals surface area contributed by atoms with Crippen LogP contribution in [0.4, 0.5) is 0 Å². The molecule has 40 heavy (non-hydrogen) atoms. The highest BCUT2D eigenvalue weighted by Crippen LogP contribution is 2.56. The first-order valence-corrected chi connectivity index (χ1v) is 19.5. The standard InChI is InChI=1S/C35H56O3SSi/c1-11-35(37,12-2)21-14-22-39-26(4)30-18-19-31-27(15-13-20-34(30,31)8)16-17-28-23-29(36)24-32(25(28)3)38-40(9,10)33(5,6)7/h16-18,26,29,31-32,36-37H,3,11-13,15,19-20,22-24H2,1-2,4-10H3/b27-16+,28-17-/t26?,29-,31+,32+,34-/m1/s1. The predicted molar refractivity (Wildman–Crippen MR) is 176 cm³/mol. The second-order valence-corrected chi connectivity index (χ2v) is 20.2. The number of hydrogen-bond acceptors (Lipinski definition) is 4. The van der Waals surface area contributed by atoms with Crippen LogP contribution in [0.1, 0.15) is 99.8 Å². The molecule has 3 aliphatic carbocycles. The van der Waals surface area contributed by atoms with Gasteiger partial charge < -0.3 is 14.6 Å². The van der Waals surface area contributed by atoms with Crippen molar-refractivity contribution in [2.24, 2.45) is 11.3 Å². The van der Waals surface area contributed by atoms with Crippen molar-refractivity contribution in [2.75, 3.05) is 5.75 Å². The molecule has 3 aliphatic rings. The molecule has 5 atom stereocenters. The Morgan fingerprint density at radius 1 is 1.25 bits per heavy atom. The molecule has 3 nitrogen and oxygen atoms in total. The molecule has 0 aromatic carbocycles. The number of hydrogen-bond donors (Lipinski definition) is 2. The van der Waals surface area contributed by atoms with Crippen LogP contribution in [0, 0.1) is 23.2 Å². The van der Waals surface area contributed by atoms with E-state index in [2.05, 4.69) is 84.4 Å². The van der Waals surface area contributed by atoms with Crippen molar-refractivity contribution in [3.05, 3.63) is 47.1 Å². The maximum atomic E-state index is 10.8. The Morgan fingerprint density at radius 3 is 2.55 bits per heavy atom. The Morgan fingerprint density at radius 2 is 1.93 bits per heavy atom. The average Bonchev–Trinajstić information content (AvgIpc) is 3.24. The van der Waals surface area contributed by atoms with Crippen LogP contribution in [0.15, 0.2) is 47.1 Å². The number of aliphatic hydroxyl groups is 2. The number of aliphatic hydroxyl groups excluding tert-OH is 1. The fraction of sp³-hybridized carbons (Fsp3) is 0.714. The minimum atomic E-state index is -1.96. The van der Waals surface area contributed by atoms with E-state index >= 15 is 0 Å². The van der Waals surface area contributed by atoms with Crippen LogP contribution in [0.3, 0.4) is 0 Å². The molecule has 0 saturated heterocycles. The van der Waals surface area contributed by atoms with Crippen LogP contribution in [0.2, 0.25) is 18.1 Å². The smallest absolute Gasteiger partial charge is 0.192 e. The summed E-state index contributed by atoms with van der Waals surface area (Å²) < 4.78 is 6.73. The maximum Gasteiger partial charge on any atom is 0.192 e. The fourth-order valence-electron chi connectivity index (χ4n) is 6.46. The molecule has 2 saturated carbocycles. The third-order valence-electron chi connectivity index (χ3n) is 10.4. The number of allylic oxidation sites excluding steroid dienone is 4. The molecule has 2 N–H and O–H groups in total. The highest BCUT2D eigenvalue weighted by atomic mass is 32.2. The zero-order valence-electron chi connectivity index (χ0n) is 26.8. The molecule has 3 rings (SSSR count). The Balaban J connectivity index is 1.72. The largest absolute Gasteiger partial charge is 0.410 e. The van der Waals surface area contributed by atoms with E-state index < -0.39 is 13.9 Å². The maximum absolute atomic E-state index is 10.8. The van der Waals surface area contributed by atoms with E-state index in [4.69, 9.17) is 4.43 Å². The first-order chi connectivity index (χ1) is 18.6. The van der Waals surface area contributed by atoms with Crippen LogP contribution >= 0.6 is 11.8 Å². The van der Waals surface area contributed by atoms with Gasteiger partial charge in [-0.05, 0) is 92.5 Å². The Hall–Kier alpha value is -1.03.